The number of carbonyl (C=O) groups is 1. The number of aromatic nitrogens is 1. The van der Waals surface area contributed by atoms with Gasteiger partial charge in [0.1, 0.15) is 0 Å². The molecule has 88 valence electrons. The van der Waals surface area contributed by atoms with Crippen molar-refractivity contribution in [2.75, 3.05) is 0 Å². The number of aromatic amines is 1. The smallest absolute Gasteiger partial charge is 0.307 e. The molecule has 3 rings (SSSR count). The van der Waals surface area contributed by atoms with Crippen LogP contribution in [0.25, 0.3) is 10.9 Å². The summed E-state index contributed by atoms with van der Waals surface area (Å²) in [6.07, 6.45) is 0. The molecule has 0 amide bonds. The van der Waals surface area contributed by atoms with Crippen LogP contribution in [0.1, 0.15) is 25.5 Å². The van der Waals surface area contributed by atoms with E-state index in [1.807, 2.05) is 38.1 Å². The van der Waals surface area contributed by atoms with E-state index >= 15 is 0 Å². The first-order chi connectivity index (χ1) is 8.01. The van der Waals surface area contributed by atoms with Crippen molar-refractivity contribution in [2.24, 2.45) is 11.3 Å². The van der Waals surface area contributed by atoms with Crippen LogP contribution in [0.4, 0.5) is 0 Å². The summed E-state index contributed by atoms with van der Waals surface area (Å²) < 4.78 is 0. The third-order valence-corrected chi connectivity index (χ3v) is 3.98. The molecule has 0 bridgehead atoms. The quantitative estimate of drug-likeness (QED) is 0.831. The number of nitrogens with one attached hydrogen (secondary N) is 1. The average Bonchev–Trinajstić information content (AvgIpc) is 2.68. The molecule has 1 fully saturated rings. The van der Waals surface area contributed by atoms with Gasteiger partial charge in [0.05, 0.1) is 5.92 Å². The summed E-state index contributed by atoms with van der Waals surface area (Å²) in [4.78, 5) is 14.5. The van der Waals surface area contributed by atoms with Gasteiger partial charge < -0.3 is 10.1 Å². The number of hydrogen-bond donors (Lipinski definition) is 2. The van der Waals surface area contributed by atoms with Gasteiger partial charge in [0.2, 0.25) is 0 Å². The minimum absolute atomic E-state index is 0.104. The van der Waals surface area contributed by atoms with E-state index in [0.717, 1.165) is 16.6 Å². The van der Waals surface area contributed by atoms with Crippen LogP contribution in [-0.2, 0) is 4.79 Å². The van der Waals surface area contributed by atoms with E-state index in [1.165, 1.54) is 0 Å². The van der Waals surface area contributed by atoms with E-state index in [2.05, 4.69) is 11.1 Å². The number of carboxylic acids is 1. The molecule has 0 radical (unpaired) electrons. The van der Waals surface area contributed by atoms with Crippen LogP contribution in [0.2, 0.25) is 0 Å². The van der Waals surface area contributed by atoms with Gasteiger partial charge in [0.15, 0.2) is 0 Å². The fourth-order valence-electron chi connectivity index (χ4n) is 2.94. The highest BCUT2D eigenvalue weighted by molar-refractivity contribution is 5.82. The van der Waals surface area contributed by atoms with Gasteiger partial charge in [-0.15, -0.1) is 0 Å². The molecule has 2 unspecified atom stereocenters. The third-order valence-electron chi connectivity index (χ3n) is 3.98. The fourth-order valence-corrected chi connectivity index (χ4v) is 2.94. The highest BCUT2D eigenvalue weighted by atomic mass is 16.4. The largest absolute Gasteiger partial charge is 0.481 e. The van der Waals surface area contributed by atoms with E-state index in [1.54, 1.807) is 0 Å². The summed E-state index contributed by atoms with van der Waals surface area (Å²) in [5, 5.41) is 10.3. The molecule has 1 saturated carbocycles. The van der Waals surface area contributed by atoms with E-state index < -0.39 is 5.97 Å². The van der Waals surface area contributed by atoms with E-state index in [9.17, 15) is 9.90 Å². The van der Waals surface area contributed by atoms with E-state index in [-0.39, 0.29) is 17.3 Å². The second-order valence-corrected chi connectivity index (χ2v) is 5.43. The van der Waals surface area contributed by atoms with E-state index in [0.29, 0.717) is 0 Å². The normalized spacial score (nSPS) is 26.0. The van der Waals surface area contributed by atoms with Gasteiger partial charge in [-0.25, -0.2) is 0 Å². The molecule has 0 saturated heterocycles. The lowest BCUT2D eigenvalue weighted by atomic mass is 10.1. The van der Waals surface area contributed by atoms with Crippen molar-refractivity contribution in [3.05, 3.63) is 36.0 Å². The highest BCUT2D eigenvalue weighted by Crippen LogP contribution is 2.64. The Hall–Kier alpha value is -1.77. The number of aliphatic carboxylic acids is 1. The summed E-state index contributed by atoms with van der Waals surface area (Å²) in [6.45, 7) is 4.03. The van der Waals surface area contributed by atoms with E-state index in [4.69, 9.17) is 0 Å². The topological polar surface area (TPSA) is 53.1 Å². The van der Waals surface area contributed by atoms with Crippen molar-refractivity contribution in [3.8, 4) is 0 Å². The summed E-state index contributed by atoms with van der Waals surface area (Å²) in [7, 11) is 0. The van der Waals surface area contributed by atoms with Crippen LogP contribution in [0, 0.1) is 11.3 Å². The molecule has 1 heterocycles. The van der Waals surface area contributed by atoms with Gasteiger partial charge in [-0.05, 0) is 22.9 Å². The average molecular weight is 229 g/mol. The molecule has 3 nitrogen and oxygen atoms in total. The number of rotatable bonds is 2. The Bertz CT molecular complexity index is 564. The Morgan fingerprint density at radius 2 is 2.06 bits per heavy atom. The van der Waals surface area contributed by atoms with Gasteiger partial charge in [-0.1, -0.05) is 32.0 Å². The van der Waals surface area contributed by atoms with Crippen LogP contribution in [0.5, 0.6) is 0 Å². The Labute approximate surface area is 99.5 Å². The van der Waals surface area contributed by atoms with Crippen molar-refractivity contribution in [1.82, 2.24) is 4.98 Å². The summed E-state index contributed by atoms with van der Waals surface area (Å²) in [5.41, 5.74) is 1.98. The molecule has 2 atom stereocenters. The molecular formula is C14H15NO2. The van der Waals surface area contributed by atoms with Crippen molar-refractivity contribution in [3.63, 3.8) is 0 Å². The van der Waals surface area contributed by atoms with Crippen LogP contribution >= 0.6 is 0 Å². The first kappa shape index (κ1) is 10.4. The third kappa shape index (κ3) is 1.38. The molecular weight excluding hydrogens is 214 g/mol. The monoisotopic (exact) mass is 229 g/mol. The predicted octanol–water partition coefficient (Wildman–Crippen LogP) is 2.99. The lowest BCUT2D eigenvalue weighted by Gasteiger charge is -1.98. The molecule has 3 heteroatoms. The standard InChI is InChI=1S/C14H15NO2/c1-14(2)11(12(14)13(16)17)10-7-8-5-3-4-6-9(8)15-10/h3-7,11-12,15H,1-2H3,(H,16,17). The highest BCUT2D eigenvalue weighted by Gasteiger charge is 2.63. The van der Waals surface area contributed by atoms with Crippen LogP contribution in [0.15, 0.2) is 30.3 Å². The zero-order valence-corrected chi connectivity index (χ0v) is 9.90. The van der Waals surface area contributed by atoms with Crippen LogP contribution in [0.3, 0.4) is 0 Å². The minimum atomic E-state index is -0.696. The molecule has 1 aliphatic carbocycles. The SMILES string of the molecule is CC1(C)C(C(=O)O)C1c1cc2ccccc2[nH]1. The first-order valence-electron chi connectivity index (χ1n) is 5.82. The van der Waals surface area contributed by atoms with Gasteiger partial charge in [0, 0.05) is 17.1 Å². The predicted molar refractivity (Wildman–Crippen MR) is 65.9 cm³/mol. The summed E-state index contributed by atoms with van der Waals surface area (Å²) >= 11 is 0. The molecule has 1 aliphatic rings. The van der Waals surface area contributed by atoms with Crippen molar-refractivity contribution in [1.29, 1.82) is 0 Å². The van der Waals surface area contributed by atoms with Crippen LogP contribution < -0.4 is 0 Å². The second kappa shape index (κ2) is 3.13. The minimum Gasteiger partial charge on any atom is -0.481 e. The Balaban J connectivity index is 2.03. The maximum Gasteiger partial charge on any atom is 0.307 e. The number of H-pyrrole nitrogens is 1. The van der Waals surface area contributed by atoms with Crippen molar-refractivity contribution < 1.29 is 9.90 Å². The van der Waals surface area contributed by atoms with Crippen LogP contribution in [-0.4, -0.2) is 16.1 Å². The van der Waals surface area contributed by atoms with Gasteiger partial charge in [-0.2, -0.15) is 0 Å². The Kier molecular flexibility index (Phi) is 1.91. The molecule has 17 heavy (non-hydrogen) atoms. The molecule has 1 aromatic carbocycles. The summed E-state index contributed by atoms with van der Waals surface area (Å²) in [6, 6.07) is 10.1. The fraction of sp³-hybridized carbons (Fsp3) is 0.357. The molecule has 0 spiro atoms. The Morgan fingerprint density at radius 1 is 1.35 bits per heavy atom. The van der Waals surface area contributed by atoms with Crippen molar-refractivity contribution in [2.45, 2.75) is 19.8 Å². The zero-order chi connectivity index (χ0) is 12.2. The number of para-hydroxylation sites is 1. The van der Waals surface area contributed by atoms with Gasteiger partial charge in [-0.3, -0.25) is 4.79 Å². The second-order valence-electron chi connectivity index (χ2n) is 5.43. The Morgan fingerprint density at radius 3 is 2.65 bits per heavy atom. The number of hydrogen-bond acceptors (Lipinski definition) is 1. The van der Waals surface area contributed by atoms with Gasteiger partial charge in [0.25, 0.3) is 0 Å². The summed E-state index contributed by atoms with van der Waals surface area (Å²) in [5.74, 6) is -0.860. The molecule has 2 N–H and O–H groups in total. The zero-order valence-electron chi connectivity index (χ0n) is 9.90. The maximum atomic E-state index is 11.2. The number of carboxylic acid groups (broad SMARTS) is 1. The maximum absolute atomic E-state index is 11.2. The molecule has 0 aliphatic heterocycles. The lowest BCUT2D eigenvalue weighted by molar-refractivity contribution is -0.139. The van der Waals surface area contributed by atoms with Crippen molar-refractivity contribution >= 4 is 16.9 Å². The molecule has 2 aromatic rings. The lowest BCUT2D eigenvalue weighted by Crippen LogP contribution is -2.03. The first-order valence-corrected chi connectivity index (χ1v) is 5.82. The van der Waals surface area contributed by atoms with Gasteiger partial charge >= 0.3 is 5.97 Å². The number of fused-ring (bicyclic) bond motifs is 1. The number of benzene rings is 1. The molecule has 1 aromatic heterocycles.